The molecule has 0 aromatic heterocycles. The number of primary amides is 1. The Kier molecular flexibility index (Phi) is 4.24. The summed E-state index contributed by atoms with van der Waals surface area (Å²) in [5.41, 5.74) is 4.72. The van der Waals surface area contributed by atoms with E-state index in [2.05, 4.69) is 0 Å². The van der Waals surface area contributed by atoms with E-state index in [0.717, 1.165) is 6.07 Å². The van der Waals surface area contributed by atoms with Gasteiger partial charge in [-0.25, -0.2) is 4.79 Å². The molecule has 1 aromatic carbocycles. The minimum atomic E-state index is -1.84. The number of methoxy groups -OCH3 is 1. The molecule has 0 heterocycles. The number of aromatic carboxylic acids is 1. The molecule has 0 radical (unpaired) electrons. The number of hydrogen-bond donors (Lipinski definition) is 4. The third-order valence-electron chi connectivity index (χ3n) is 2.39. The molecule has 1 rings (SSSR count). The topological polar surface area (TPSA) is 130 Å². The molecular weight excluding hydrogens is 242 g/mol. The molecule has 2 unspecified atom stereocenters. The first-order valence-electron chi connectivity index (χ1n) is 4.95. The Morgan fingerprint density at radius 2 is 1.94 bits per heavy atom. The number of aliphatic hydroxyl groups excluding tert-OH is 2. The zero-order valence-corrected chi connectivity index (χ0v) is 9.53. The SMILES string of the molecule is COc1ccc(C(=O)O)cc1C(O)C(O)C(N)=O. The van der Waals surface area contributed by atoms with Crippen molar-refractivity contribution in [1.29, 1.82) is 0 Å². The zero-order valence-electron chi connectivity index (χ0n) is 9.53. The molecule has 5 N–H and O–H groups in total. The fourth-order valence-corrected chi connectivity index (χ4v) is 1.42. The monoisotopic (exact) mass is 255 g/mol. The molecule has 0 fully saturated rings. The van der Waals surface area contributed by atoms with Crippen molar-refractivity contribution in [1.82, 2.24) is 0 Å². The van der Waals surface area contributed by atoms with Crippen molar-refractivity contribution in [3.05, 3.63) is 29.3 Å². The first kappa shape index (κ1) is 13.9. The quantitative estimate of drug-likeness (QED) is 0.549. The van der Waals surface area contributed by atoms with Crippen molar-refractivity contribution < 1.29 is 29.6 Å². The number of benzene rings is 1. The van der Waals surface area contributed by atoms with Crippen LogP contribution in [-0.4, -0.2) is 40.4 Å². The largest absolute Gasteiger partial charge is 0.496 e. The summed E-state index contributed by atoms with van der Waals surface area (Å²) in [5.74, 6) is -2.18. The Bertz CT molecular complexity index is 473. The molecule has 0 aliphatic carbocycles. The maximum absolute atomic E-state index is 10.8. The standard InChI is InChI=1S/C11H13NO6/c1-18-7-3-2-5(11(16)17)4-6(7)8(13)9(14)10(12)15/h2-4,8-9,13-14H,1H3,(H2,12,15)(H,16,17). The summed E-state index contributed by atoms with van der Waals surface area (Å²) in [6, 6.07) is 3.70. The number of ether oxygens (including phenoxy) is 1. The molecule has 0 aliphatic heterocycles. The van der Waals surface area contributed by atoms with Crippen molar-refractivity contribution in [2.24, 2.45) is 5.73 Å². The van der Waals surface area contributed by atoms with Gasteiger partial charge in [0.15, 0.2) is 6.10 Å². The van der Waals surface area contributed by atoms with Gasteiger partial charge in [-0.3, -0.25) is 4.79 Å². The van der Waals surface area contributed by atoms with Crippen LogP contribution < -0.4 is 10.5 Å². The van der Waals surface area contributed by atoms with Crippen molar-refractivity contribution >= 4 is 11.9 Å². The number of carbonyl (C=O) groups is 2. The van der Waals surface area contributed by atoms with Gasteiger partial charge < -0.3 is 25.8 Å². The van der Waals surface area contributed by atoms with E-state index in [1.165, 1.54) is 19.2 Å². The van der Waals surface area contributed by atoms with Crippen LogP contribution in [-0.2, 0) is 4.79 Å². The van der Waals surface area contributed by atoms with Gasteiger partial charge in [-0.15, -0.1) is 0 Å². The van der Waals surface area contributed by atoms with Gasteiger partial charge >= 0.3 is 5.97 Å². The number of nitrogens with two attached hydrogens (primary N) is 1. The average Bonchev–Trinajstić information content (AvgIpc) is 2.35. The number of aliphatic hydroxyl groups is 2. The molecule has 0 saturated heterocycles. The first-order chi connectivity index (χ1) is 8.38. The minimum absolute atomic E-state index is 0.0244. The van der Waals surface area contributed by atoms with Crippen LogP contribution in [0.2, 0.25) is 0 Å². The molecular formula is C11H13NO6. The summed E-state index contributed by atoms with van der Waals surface area (Å²) in [4.78, 5) is 21.6. The van der Waals surface area contributed by atoms with Crippen LogP contribution in [0.15, 0.2) is 18.2 Å². The van der Waals surface area contributed by atoms with E-state index < -0.39 is 24.1 Å². The molecule has 0 saturated carbocycles. The number of rotatable bonds is 5. The van der Waals surface area contributed by atoms with Gasteiger partial charge in [-0.1, -0.05) is 0 Å². The van der Waals surface area contributed by atoms with E-state index in [0.29, 0.717) is 0 Å². The third-order valence-corrected chi connectivity index (χ3v) is 2.39. The first-order valence-corrected chi connectivity index (χ1v) is 4.95. The van der Waals surface area contributed by atoms with Crippen LogP contribution in [0.3, 0.4) is 0 Å². The summed E-state index contributed by atoms with van der Waals surface area (Å²) < 4.78 is 4.91. The molecule has 0 bridgehead atoms. The lowest BCUT2D eigenvalue weighted by molar-refractivity contribution is -0.132. The maximum Gasteiger partial charge on any atom is 0.335 e. The molecule has 7 heteroatoms. The summed E-state index contributed by atoms with van der Waals surface area (Å²) in [6.07, 6.45) is -3.50. The summed E-state index contributed by atoms with van der Waals surface area (Å²) in [7, 11) is 1.31. The molecule has 2 atom stereocenters. The molecule has 98 valence electrons. The third kappa shape index (κ3) is 2.76. The Balaban J connectivity index is 3.23. The highest BCUT2D eigenvalue weighted by molar-refractivity contribution is 5.88. The van der Waals surface area contributed by atoms with Crippen LogP contribution in [0.4, 0.5) is 0 Å². The highest BCUT2D eigenvalue weighted by atomic mass is 16.5. The van der Waals surface area contributed by atoms with Crippen LogP contribution >= 0.6 is 0 Å². The lowest BCUT2D eigenvalue weighted by atomic mass is 10.0. The number of hydrogen-bond acceptors (Lipinski definition) is 5. The van der Waals surface area contributed by atoms with Gasteiger partial charge in [0.25, 0.3) is 0 Å². The average molecular weight is 255 g/mol. The summed E-state index contributed by atoms with van der Waals surface area (Å²) >= 11 is 0. The lowest BCUT2D eigenvalue weighted by Crippen LogP contribution is -2.34. The second-order valence-electron chi connectivity index (χ2n) is 3.55. The van der Waals surface area contributed by atoms with E-state index in [-0.39, 0.29) is 16.9 Å². The molecule has 0 spiro atoms. The highest BCUT2D eigenvalue weighted by Crippen LogP contribution is 2.28. The Labute approximate surface area is 102 Å². The summed E-state index contributed by atoms with van der Waals surface area (Å²) in [5, 5.41) is 28.0. The molecule has 1 amide bonds. The van der Waals surface area contributed by atoms with E-state index in [1.54, 1.807) is 0 Å². The number of carboxylic acid groups (broad SMARTS) is 1. The minimum Gasteiger partial charge on any atom is -0.496 e. The van der Waals surface area contributed by atoms with E-state index in [9.17, 15) is 19.8 Å². The predicted molar refractivity (Wildman–Crippen MR) is 60.1 cm³/mol. The van der Waals surface area contributed by atoms with Crippen LogP contribution in [0, 0.1) is 0 Å². The maximum atomic E-state index is 10.8. The Morgan fingerprint density at radius 1 is 1.33 bits per heavy atom. The highest BCUT2D eigenvalue weighted by Gasteiger charge is 2.27. The molecule has 18 heavy (non-hydrogen) atoms. The van der Waals surface area contributed by atoms with Crippen molar-refractivity contribution in [2.45, 2.75) is 12.2 Å². The van der Waals surface area contributed by atoms with Crippen molar-refractivity contribution in [3.8, 4) is 5.75 Å². The molecule has 7 nitrogen and oxygen atoms in total. The van der Waals surface area contributed by atoms with Gasteiger partial charge in [0.1, 0.15) is 11.9 Å². The normalized spacial score (nSPS) is 13.7. The van der Waals surface area contributed by atoms with E-state index in [1.807, 2.05) is 0 Å². The number of amides is 1. The van der Waals surface area contributed by atoms with Crippen LogP contribution in [0.1, 0.15) is 22.0 Å². The van der Waals surface area contributed by atoms with Crippen molar-refractivity contribution in [3.63, 3.8) is 0 Å². The van der Waals surface area contributed by atoms with Crippen LogP contribution in [0.5, 0.6) is 5.75 Å². The molecule has 0 aliphatic rings. The van der Waals surface area contributed by atoms with Gasteiger partial charge in [-0.2, -0.15) is 0 Å². The number of carbonyl (C=O) groups excluding carboxylic acids is 1. The second kappa shape index (κ2) is 5.48. The predicted octanol–water partition coefficient (Wildman–Crippen LogP) is -0.727. The Hall–Kier alpha value is -2.12. The van der Waals surface area contributed by atoms with Crippen LogP contribution in [0.25, 0.3) is 0 Å². The van der Waals surface area contributed by atoms with Gasteiger partial charge in [0.2, 0.25) is 5.91 Å². The van der Waals surface area contributed by atoms with Gasteiger partial charge in [0, 0.05) is 5.56 Å². The van der Waals surface area contributed by atoms with Gasteiger partial charge in [-0.05, 0) is 18.2 Å². The number of carboxylic acids is 1. The van der Waals surface area contributed by atoms with Gasteiger partial charge in [0.05, 0.1) is 12.7 Å². The van der Waals surface area contributed by atoms with E-state index >= 15 is 0 Å². The van der Waals surface area contributed by atoms with E-state index in [4.69, 9.17) is 15.6 Å². The summed E-state index contributed by atoms with van der Waals surface area (Å²) in [6.45, 7) is 0. The second-order valence-corrected chi connectivity index (χ2v) is 3.55. The van der Waals surface area contributed by atoms with Crippen molar-refractivity contribution in [2.75, 3.05) is 7.11 Å². The Morgan fingerprint density at radius 3 is 2.39 bits per heavy atom. The lowest BCUT2D eigenvalue weighted by Gasteiger charge is -2.18. The smallest absolute Gasteiger partial charge is 0.335 e. The zero-order chi connectivity index (χ0) is 13.9. The molecule has 1 aromatic rings. The fraction of sp³-hybridized carbons (Fsp3) is 0.273. The fourth-order valence-electron chi connectivity index (χ4n) is 1.42.